The summed E-state index contributed by atoms with van der Waals surface area (Å²) in [6.07, 6.45) is 4.32. The molecule has 4 rings (SSSR count). The molecule has 1 spiro atoms. The molecular formula is C18H24N4O3. The van der Waals surface area contributed by atoms with Crippen molar-refractivity contribution in [1.82, 2.24) is 15.1 Å². The molecule has 1 N–H and O–H groups in total. The molecule has 2 fully saturated rings. The maximum atomic E-state index is 10.3. The van der Waals surface area contributed by atoms with E-state index in [1.807, 2.05) is 19.1 Å². The summed E-state index contributed by atoms with van der Waals surface area (Å²) in [6, 6.07) is 3.87. The molecule has 1 saturated carbocycles. The lowest BCUT2D eigenvalue weighted by atomic mass is 9.58. The van der Waals surface area contributed by atoms with Crippen molar-refractivity contribution in [3.8, 4) is 11.5 Å². The van der Waals surface area contributed by atoms with Gasteiger partial charge in [0.25, 0.3) is 5.89 Å². The van der Waals surface area contributed by atoms with E-state index in [1.54, 1.807) is 13.1 Å². The molecule has 0 amide bonds. The lowest BCUT2D eigenvalue weighted by Gasteiger charge is -2.56. The number of pyridine rings is 1. The van der Waals surface area contributed by atoms with Crippen molar-refractivity contribution in [1.29, 1.82) is 0 Å². The van der Waals surface area contributed by atoms with Gasteiger partial charge in [-0.25, -0.2) is 4.98 Å². The molecule has 0 unspecified atom stereocenters. The second-order valence-corrected chi connectivity index (χ2v) is 6.97. The number of aromatic nitrogens is 3. The van der Waals surface area contributed by atoms with Crippen LogP contribution in [-0.4, -0.2) is 52.1 Å². The smallest absolute Gasteiger partial charge is 0.258 e. The van der Waals surface area contributed by atoms with Gasteiger partial charge in [-0.05, 0) is 38.8 Å². The largest absolute Gasteiger partial charge is 0.392 e. The lowest BCUT2D eigenvalue weighted by Crippen LogP contribution is -2.62. The highest BCUT2D eigenvalue weighted by molar-refractivity contribution is 5.58. The molecule has 0 bridgehead atoms. The fourth-order valence-electron chi connectivity index (χ4n) is 4.11. The second-order valence-electron chi connectivity index (χ2n) is 6.97. The van der Waals surface area contributed by atoms with Crippen molar-refractivity contribution in [2.45, 2.75) is 45.3 Å². The Morgan fingerprint density at radius 2 is 2.20 bits per heavy atom. The SMILES string of the molecule is CCO[C@H]1C[C@H](O)C12CCN(c1cc(-c3nc(C)no3)ccn1)CC2. The first-order chi connectivity index (χ1) is 12.1. The fourth-order valence-corrected chi connectivity index (χ4v) is 4.11. The molecule has 7 nitrogen and oxygen atoms in total. The molecule has 0 aromatic carbocycles. The summed E-state index contributed by atoms with van der Waals surface area (Å²) in [5, 5.41) is 14.2. The molecule has 2 aliphatic rings. The van der Waals surface area contributed by atoms with Gasteiger partial charge in [0.1, 0.15) is 5.82 Å². The topological polar surface area (TPSA) is 84.5 Å². The molecule has 0 radical (unpaired) electrons. The molecule has 3 heterocycles. The average Bonchev–Trinajstić information content (AvgIpc) is 3.08. The van der Waals surface area contributed by atoms with Crippen LogP contribution in [0.25, 0.3) is 11.5 Å². The van der Waals surface area contributed by atoms with Gasteiger partial charge in [-0.1, -0.05) is 5.16 Å². The van der Waals surface area contributed by atoms with Crippen LogP contribution in [0.3, 0.4) is 0 Å². The highest BCUT2D eigenvalue weighted by Crippen LogP contribution is 2.51. The summed E-state index contributed by atoms with van der Waals surface area (Å²) in [4.78, 5) is 11.0. The van der Waals surface area contributed by atoms with E-state index in [-0.39, 0.29) is 17.6 Å². The van der Waals surface area contributed by atoms with Gasteiger partial charge in [-0.3, -0.25) is 0 Å². The van der Waals surface area contributed by atoms with Crippen LogP contribution >= 0.6 is 0 Å². The van der Waals surface area contributed by atoms with Crippen molar-refractivity contribution in [2.24, 2.45) is 5.41 Å². The average molecular weight is 344 g/mol. The second kappa shape index (κ2) is 6.38. The number of ether oxygens (including phenoxy) is 1. The third kappa shape index (κ3) is 2.81. The molecule has 1 saturated heterocycles. The molecule has 2 atom stereocenters. The Hall–Kier alpha value is -1.99. The number of aryl methyl sites for hydroxylation is 1. The highest BCUT2D eigenvalue weighted by atomic mass is 16.5. The Labute approximate surface area is 147 Å². The number of anilines is 1. The van der Waals surface area contributed by atoms with Crippen LogP contribution in [0.1, 0.15) is 32.0 Å². The van der Waals surface area contributed by atoms with Crippen LogP contribution in [0.15, 0.2) is 22.9 Å². The van der Waals surface area contributed by atoms with Gasteiger partial charge in [-0.2, -0.15) is 4.98 Å². The van der Waals surface area contributed by atoms with Gasteiger partial charge in [0.15, 0.2) is 5.82 Å². The van der Waals surface area contributed by atoms with E-state index in [0.29, 0.717) is 18.3 Å². The van der Waals surface area contributed by atoms with E-state index < -0.39 is 0 Å². The molecule has 25 heavy (non-hydrogen) atoms. The van der Waals surface area contributed by atoms with E-state index >= 15 is 0 Å². The molecule has 1 aliphatic carbocycles. The maximum absolute atomic E-state index is 10.3. The van der Waals surface area contributed by atoms with Gasteiger partial charge in [0, 0.05) is 43.3 Å². The van der Waals surface area contributed by atoms with E-state index in [1.165, 1.54) is 0 Å². The lowest BCUT2D eigenvalue weighted by molar-refractivity contribution is -0.199. The van der Waals surface area contributed by atoms with Crippen molar-refractivity contribution < 1.29 is 14.4 Å². The summed E-state index contributed by atoms with van der Waals surface area (Å²) in [5.74, 6) is 2.04. The number of piperidine rings is 1. The van der Waals surface area contributed by atoms with Crippen molar-refractivity contribution in [3.05, 3.63) is 24.2 Å². The van der Waals surface area contributed by atoms with Gasteiger partial charge >= 0.3 is 0 Å². The monoisotopic (exact) mass is 344 g/mol. The van der Waals surface area contributed by atoms with Crippen molar-refractivity contribution in [2.75, 3.05) is 24.6 Å². The minimum absolute atomic E-state index is 0.0757. The third-order valence-electron chi connectivity index (χ3n) is 5.65. The molecule has 2 aromatic rings. The highest BCUT2D eigenvalue weighted by Gasteiger charge is 2.56. The van der Waals surface area contributed by atoms with E-state index in [9.17, 15) is 5.11 Å². The van der Waals surface area contributed by atoms with Crippen LogP contribution < -0.4 is 4.90 Å². The summed E-state index contributed by atoms with van der Waals surface area (Å²) >= 11 is 0. The van der Waals surface area contributed by atoms with Gasteiger partial charge < -0.3 is 19.3 Å². The first kappa shape index (κ1) is 16.5. The Balaban J connectivity index is 1.48. The maximum Gasteiger partial charge on any atom is 0.258 e. The Bertz CT molecular complexity index is 737. The number of hydrogen-bond acceptors (Lipinski definition) is 7. The number of aliphatic hydroxyl groups is 1. The first-order valence-corrected chi connectivity index (χ1v) is 8.94. The molecule has 1 aliphatic heterocycles. The Kier molecular flexibility index (Phi) is 4.21. The van der Waals surface area contributed by atoms with E-state index in [0.717, 1.165) is 43.7 Å². The van der Waals surface area contributed by atoms with Crippen LogP contribution in [0, 0.1) is 12.3 Å². The molecular weight excluding hydrogens is 320 g/mol. The Morgan fingerprint density at radius 3 is 2.84 bits per heavy atom. The number of aliphatic hydroxyl groups excluding tert-OH is 1. The number of nitrogens with zero attached hydrogens (tertiary/aromatic N) is 4. The van der Waals surface area contributed by atoms with Crippen LogP contribution in [-0.2, 0) is 4.74 Å². The Morgan fingerprint density at radius 1 is 1.40 bits per heavy atom. The summed E-state index contributed by atoms with van der Waals surface area (Å²) < 4.78 is 11.1. The minimum Gasteiger partial charge on any atom is -0.392 e. The van der Waals surface area contributed by atoms with E-state index in [4.69, 9.17) is 9.26 Å². The zero-order valence-corrected chi connectivity index (χ0v) is 14.7. The standard InChI is InChI=1S/C18H24N4O3/c1-3-24-15-11-14(23)18(15)5-8-22(9-6-18)16-10-13(4-7-19-16)17-20-12(2)21-25-17/h4,7,10,14-15,23H,3,5-6,8-9,11H2,1-2H3/t14-,15-/m0/s1. The zero-order valence-electron chi connectivity index (χ0n) is 14.7. The quantitative estimate of drug-likeness (QED) is 0.910. The van der Waals surface area contributed by atoms with Gasteiger partial charge in [0.2, 0.25) is 0 Å². The summed E-state index contributed by atoms with van der Waals surface area (Å²) in [5.41, 5.74) is 0.801. The minimum atomic E-state index is -0.244. The van der Waals surface area contributed by atoms with Crippen LogP contribution in [0.2, 0.25) is 0 Å². The molecule has 2 aromatic heterocycles. The number of rotatable bonds is 4. The zero-order chi connectivity index (χ0) is 17.4. The van der Waals surface area contributed by atoms with Gasteiger partial charge in [0.05, 0.1) is 12.2 Å². The summed E-state index contributed by atoms with van der Waals surface area (Å²) in [6.45, 7) is 6.25. The van der Waals surface area contributed by atoms with Crippen molar-refractivity contribution in [3.63, 3.8) is 0 Å². The normalized spacial score (nSPS) is 25.2. The summed E-state index contributed by atoms with van der Waals surface area (Å²) in [7, 11) is 0. The first-order valence-electron chi connectivity index (χ1n) is 8.94. The molecule has 134 valence electrons. The van der Waals surface area contributed by atoms with Gasteiger partial charge in [-0.15, -0.1) is 0 Å². The van der Waals surface area contributed by atoms with Crippen LogP contribution in [0.5, 0.6) is 0 Å². The third-order valence-corrected chi connectivity index (χ3v) is 5.65. The fraction of sp³-hybridized carbons (Fsp3) is 0.611. The number of hydrogen-bond donors (Lipinski definition) is 1. The predicted octanol–water partition coefficient (Wildman–Crippen LogP) is 2.20. The van der Waals surface area contributed by atoms with Crippen molar-refractivity contribution >= 4 is 5.82 Å². The van der Waals surface area contributed by atoms with E-state index in [2.05, 4.69) is 20.0 Å². The predicted molar refractivity (Wildman–Crippen MR) is 92.2 cm³/mol. The molecule has 7 heteroatoms. The van der Waals surface area contributed by atoms with Crippen LogP contribution in [0.4, 0.5) is 5.82 Å².